The lowest BCUT2D eigenvalue weighted by Crippen LogP contribution is -2.03. The molecule has 0 saturated carbocycles. The summed E-state index contributed by atoms with van der Waals surface area (Å²) in [5.41, 5.74) is 1.61. The molecule has 0 spiro atoms. The Balaban J connectivity index is 2.85. The monoisotopic (exact) mass is 239 g/mol. The molecule has 0 radical (unpaired) electrons. The molecule has 1 rings (SSSR count). The van der Waals surface area contributed by atoms with E-state index < -0.39 is 4.92 Å². The molecule has 0 bridgehead atoms. The Morgan fingerprint density at radius 2 is 2.06 bits per heavy atom. The number of aliphatic hydroxyl groups is 1. The molecule has 0 aliphatic heterocycles. The van der Waals surface area contributed by atoms with Crippen LogP contribution in [-0.4, -0.2) is 23.2 Å². The van der Waals surface area contributed by atoms with Crippen LogP contribution < -0.4 is 4.74 Å². The number of unbranched alkanes of at least 4 members (excludes halogenated alkanes) is 1. The first-order valence-electron chi connectivity index (χ1n) is 5.55. The molecule has 5 nitrogen and oxygen atoms in total. The van der Waals surface area contributed by atoms with Gasteiger partial charge in [-0.3, -0.25) is 10.1 Å². The summed E-state index contributed by atoms with van der Waals surface area (Å²) in [5, 5.41) is 19.5. The van der Waals surface area contributed by atoms with E-state index in [2.05, 4.69) is 0 Å². The number of benzene rings is 1. The van der Waals surface area contributed by atoms with Crippen molar-refractivity contribution in [3.8, 4) is 5.75 Å². The molecule has 1 aromatic carbocycles. The largest absolute Gasteiger partial charge is 0.487 e. The SMILES string of the molecule is Cc1cc(C)c(OCCCCO)c([N+](=O)[O-])c1. The average Bonchev–Trinajstić information content (AvgIpc) is 2.25. The fraction of sp³-hybridized carbons (Fsp3) is 0.500. The standard InChI is InChI=1S/C12H17NO4/c1-9-7-10(2)12(11(8-9)13(15)16)17-6-4-3-5-14/h7-8,14H,3-6H2,1-2H3. The van der Waals surface area contributed by atoms with Gasteiger partial charge < -0.3 is 9.84 Å². The van der Waals surface area contributed by atoms with Gasteiger partial charge in [-0.25, -0.2) is 0 Å². The summed E-state index contributed by atoms with van der Waals surface area (Å²) in [6.07, 6.45) is 1.32. The summed E-state index contributed by atoms with van der Waals surface area (Å²) in [6, 6.07) is 3.36. The average molecular weight is 239 g/mol. The van der Waals surface area contributed by atoms with Crippen LogP contribution in [0.3, 0.4) is 0 Å². The third kappa shape index (κ3) is 3.71. The van der Waals surface area contributed by atoms with E-state index in [0.717, 1.165) is 11.1 Å². The van der Waals surface area contributed by atoms with Crippen molar-refractivity contribution in [3.05, 3.63) is 33.4 Å². The Kier molecular flexibility index (Phi) is 4.90. The van der Waals surface area contributed by atoms with Gasteiger partial charge in [-0.15, -0.1) is 0 Å². The summed E-state index contributed by atoms with van der Waals surface area (Å²) in [6.45, 7) is 4.10. The maximum Gasteiger partial charge on any atom is 0.311 e. The highest BCUT2D eigenvalue weighted by Gasteiger charge is 2.18. The highest BCUT2D eigenvalue weighted by atomic mass is 16.6. The number of hydrogen-bond donors (Lipinski definition) is 1. The van der Waals surface area contributed by atoms with Crippen LogP contribution in [0.2, 0.25) is 0 Å². The van der Waals surface area contributed by atoms with E-state index in [-0.39, 0.29) is 12.3 Å². The smallest absolute Gasteiger partial charge is 0.311 e. The highest BCUT2D eigenvalue weighted by molar-refractivity contribution is 5.53. The van der Waals surface area contributed by atoms with Crippen molar-refractivity contribution < 1.29 is 14.8 Å². The lowest BCUT2D eigenvalue weighted by atomic mass is 10.1. The molecule has 0 saturated heterocycles. The van der Waals surface area contributed by atoms with E-state index >= 15 is 0 Å². The molecule has 17 heavy (non-hydrogen) atoms. The summed E-state index contributed by atoms with van der Waals surface area (Å²) in [4.78, 5) is 10.5. The number of hydrogen-bond acceptors (Lipinski definition) is 4. The number of nitro benzene ring substituents is 1. The zero-order chi connectivity index (χ0) is 12.8. The van der Waals surface area contributed by atoms with E-state index in [1.54, 1.807) is 6.92 Å². The van der Waals surface area contributed by atoms with Crippen LogP contribution in [0.1, 0.15) is 24.0 Å². The Hall–Kier alpha value is -1.62. The van der Waals surface area contributed by atoms with Crippen molar-refractivity contribution in [3.63, 3.8) is 0 Å². The zero-order valence-electron chi connectivity index (χ0n) is 10.1. The molecule has 0 fully saturated rings. The maximum absolute atomic E-state index is 10.9. The molecule has 1 aromatic rings. The Morgan fingerprint density at radius 3 is 2.65 bits per heavy atom. The molecular weight excluding hydrogens is 222 g/mol. The van der Waals surface area contributed by atoms with E-state index in [0.29, 0.717) is 25.2 Å². The third-order valence-corrected chi connectivity index (χ3v) is 2.39. The van der Waals surface area contributed by atoms with Gasteiger partial charge in [0, 0.05) is 12.7 Å². The van der Waals surface area contributed by atoms with Gasteiger partial charge in [-0.1, -0.05) is 6.07 Å². The van der Waals surface area contributed by atoms with Crippen molar-refractivity contribution >= 4 is 5.69 Å². The summed E-state index contributed by atoms with van der Waals surface area (Å²) < 4.78 is 5.43. The van der Waals surface area contributed by atoms with Crippen molar-refractivity contribution in [1.82, 2.24) is 0 Å². The fourth-order valence-electron chi connectivity index (χ4n) is 1.64. The van der Waals surface area contributed by atoms with E-state index in [9.17, 15) is 10.1 Å². The molecule has 0 aromatic heterocycles. The molecular formula is C12H17NO4. The second kappa shape index (κ2) is 6.20. The highest BCUT2D eigenvalue weighted by Crippen LogP contribution is 2.32. The van der Waals surface area contributed by atoms with Gasteiger partial charge in [0.1, 0.15) is 0 Å². The van der Waals surface area contributed by atoms with Crippen molar-refractivity contribution in [2.45, 2.75) is 26.7 Å². The molecule has 5 heteroatoms. The first-order chi connectivity index (χ1) is 8.06. The normalized spacial score (nSPS) is 10.3. The van der Waals surface area contributed by atoms with Crippen LogP contribution in [-0.2, 0) is 0 Å². The summed E-state index contributed by atoms with van der Waals surface area (Å²) in [7, 11) is 0. The van der Waals surface area contributed by atoms with Gasteiger partial charge in [0.05, 0.1) is 11.5 Å². The number of nitrogens with zero attached hydrogens (tertiary/aromatic N) is 1. The van der Waals surface area contributed by atoms with Gasteiger partial charge in [0.25, 0.3) is 0 Å². The summed E-state index contributed by atoms with van der Waals surface area (Å²) >= 11 is 0. The van der Waals surface area contributed by atoms with Gasteiger partial charge >= 0.3 is 5.69 Å². The van der Waals surface area contributed by atoms with Crippen LogP contribution in [0.5, 0.6) is 5.75 Å². The number of rotatable bonds is 6. The lowest BCUT2D eigenvalue weighted by molar-refractivity contribution is -0.386. The molecule has 0 amide bonds. The first-order valence-corrected chi connectivity index (χ1v) is 5.55. The number of aryl methyl sites for hydroxylation is 2. The maximum atomic E-state index is 10.9. The van der Waals surface area contributed by atoms with Crippen LogP contribution in [0.25, 0.3) is 0 Å². The van der Waals surface area contributed by atoms with Gasteiger partial charge in [0.2, 0.25) is 0 Å². The van der Waals surface area contributed by atoms with Crippen LogP contribution in [0.15, 0.2) is 12.1 Å². The van der Waals surface area contributed by atoms with Gasteiger partial charge in [-0.2, -0.15) is 0 Å². The minimum atomic E-state index is -0.429. The van der Waals surface area contributed by atoms with Crippen molar-refractivity contribution in [1.29, 1.82) is 0 Å². The molecule has 1 N–H and O–H groups in total. The Morgan fingerprint density at radius 1 is 1.35 bits per heavy atom. The second-order valence-electron chi connectivity index (χ2n) is 3.97. The Bertz CT molecular complexity index is 404. The van der Waals surface area contributed by atoms with Crippen LogP contribution in [0.4, 0.5) is 5.69 Å². The minimum Gasteiger partial charge on any atom is -0.487 e. The number of aliphatic hydroxyl groups excluding tert-OH is 1. The topological polar surface area (TPSA) is 72.6 Å². The molecule has 94 valence electrons. The third-order valence-electron chi connectivity index (χ3n) is 2.39. The van der Waals surface area contributed by atoms with E-state index in [4.69, 9.17) is 9.84 Å². The van der Waals surface area contributed by atoms with Gasteiger partial charge in [-0.05, 0) is 37.8 Å². The molecule has 0 aliphatic rings. The fourth-order valence-corrected chi connectivity index (χ4v) is 1.64. The van der Waals surface area contributed by atoms with Gasteiger partial charge in [0.15, 0.2) is 5.75 Å². The second-order valence-corrected chi connectivity index (χ2v) is 3.97. The van der Waals surface area contributed by atoms with E-state index in [1.807, 2.05) is 13.0 Å². The molecule has 0 unspecified atom stereocenters. The number of ether oxygens (including phenoxy) is 1. The lowest BCUT2D eigenvalue weighted by Gasteiger charge is -2.10. The van der Waals surface area contributed by atoms with E-state index in [1.165, 1.54) is 6.07 Å². The molecule has 0 heterocycles. The minimum absolute atomic E-state index is 0.00602. The summed E-state index contributed by atoms with van der Waals surface area (Å²) in [5.74, 6) is 0.332. The Labute approximate surface area is 100 Å². The quantitative estimate of drug-likeness (QED) is 0.470. The van der Waals surface area contributed by atoms with Crippen molar-refractivity contribution in [2.24, 2.45) is 0 Å². The molecule has 0 atom stereocenters. The van der Waals surface area contributed by atoms with Crippen molar-refractivity contribution in [2.75, 3.05) is 13.2 Å². The number of nitro groups is 1. The zero-order valence-corrected chi connectivity index (χ0v) is 10.1. The predicted octanol–water partition coefficient (Wildman–Crippen LogP) is 2.36. The van der Waals surface area contributed by atoms with Crippen LogP contribution in [0, 0.1) is 24.0 Å². The first kappa shape index (κ1) is 13.4. The molecule has 0 aliphatic carbocycles. The predicted molar refractivity (Wildman–Crippen MR) is 64.4 cm³/mol. The van der Waals surface area contributed by atoms with Crippen LogP contribution >= 0.6 is 0 Å².